The Labute approximate surface area is 164 Å². The number of anilines is 1. The molecule has 6 heteroatoms. The van der Waals surface area contributed by atoms with E-state index in [2.05, 4.69) is 51.6 Å². The van der Waals surface area contributed by atoms with Crippen LogP contribution in [0, 0.1) is 0 Å². The van der Waals surface area contributed by atoms with Crippen LogP contribution in [0.1, 0.15) is 18.4 Å². The van der Waals surface area contributed by atoms with Crippen LogP contribution in [-0.4, -0.2) is 35.5 Å². The third-order valence-corrected chi connectivity index (χ3v) is 5.54. The lowest BCUT2D eigenvalue weighted by atomic mass is 10.0. The molecule has 1 N–H and O–H groups in total. The van der Waals surface area contributed by atoms with Gasteiger partial charge >= 0.3 is 0 Å². The molecule has 28 heavy (non-hydrogen) atoms. The molecule has 2 aromatic carbocycles. The lowest BCUT2D eigenvalue weighted by molar-refractivity contribution is 0.174. The third kappa shape index (κ3) is 3.55. The lowest BCUT2D eigenvalue weighted by Gasteiger charge is -2.34. The molecule has 3 aromatic rings. The Morgan fingerprint density at radius 2 is 1.75 bits per heavy atom. The molecule has 3 heterocycles. The number of fused-ring (bicyclic) bond motifs is 1. The highest BCUT2D eigenvalue weighted by atomic mass is 16.7. The van der Waals surface area contributed by atoms with Gasteiger partial charge in [-0.25, -0.2) is 4.98 Å². The largest absolute Gasteiger partial charge is 0.454 e. The number of aromatic nitrogens is 2. The molecule has 1 fully saturated rings. The van der Waals surface area contributed by atoms with E-state index in [4.69, 9.17) is 9.47 Å². The Hall–Kier alpha value is -2.99. The summed E-state index contributed by atoms with van der Waals surface area (Å²) in [5.74, 6) is 1.70. The number of ether oxygens (including phenoxy) is 2. The summed E-state index contributed by atoms with van der Waals surface area (Å²) < 4.78 is 12.9. The van der Waals surface area contributed by atoms with Gasteiger partial charge in [0.25, 0.3) is 0 Å². The highest BCUT2D eigenvalue weighted by Gasteiger charge is 2.20. The summed E-state index contributed by atoms with van der Waals surface area (Å²) in [4.78, 5) is 6.58. The van der Waals surface area contributed by atoms with Gasteiger partial charge in [0.1, 0.15) is 0 Å². The highest BCUT2D eigenvalue weighted by Crippen LogP contribution is 2.32. The van der Waals surface area contributed by atoms with Crippen LogP contribution >= 0.6 is 0 Å². The summed E-state index contributed by atoms with van der Waals surface area (Å²) in [6.07, 6.45) is 7.88. The maximum atomic E-state index is 5.46. The van der Waals surface area contributed by atoms with Gasteiger partial charge in [0, 0.05) is 49.4 Å². The monoisotopic (exact) mass is 376 g/mol. The van der Waals surface area contributed by atoms with E-state index in [-0.39, 0.29) is 0 Å². The van der Waals surface area contributed by atoms with E-state index < -0.39 is 0 Å². The summed E-state index contributed by atoms with van der Waals surface area (Å²) >= 11 is 0. The van der Waals surface area contributed by atoms with E-state index >= 15 is 0 Å². The fourth-order valence-electron chi connectivity index (χ4n) is 3.90. The topological polar surface area (TPSA) is 51.5 Å². The average Bonchev–Trinajstić information content (AvgIpc) is 3.44. The molecule has 0 atom stereocenters. The molecular formula is C22H24N4O2. The van der Waals surface area contributed by atoms with Crippen molar-refractivity contribution in [2.24, 2.45) is 0 Å². The van der Waals surface area contributed by atoms with Gasteiger partial charge in [-0.2, -0.15) is 0 Å². The van der Waals surface area contributed by atoms with E-state index in [1.54, 1.807) is 6.20 Å². The molecule has 2 aliphatic heterocycles. The van der Waals surface area contributed by atoms with Crippen molar-refractivity contribution in [3.8, 4) is 17.2 Å². The van der Waals surface area contributed by atoms with Crippen molar-refractivity contribution in [1.29, 1.82) is 0 Å². The number of rotatable bonds is 5. The number of piperidine rings is 1. The number of nitrogens with zero attached hydrogens (tertiary/aromatic N) is 3. The van der Waals surface area contributed by atoms with Crippen molar-refractivity contribution < 1.29 is 9.47 Å². The molecule has 0 unspecified atom stereocenters. The van der Waals surface area contributed by atoms with Crippen LogP contribution in [0.3, 0.4) is 0 Å². The minimum Gasteiger partial charge on any atom is -0.454 e. The summed E-state index contributed by atoms with van der Waals surface area (Å²) in [6, 6.07) is 15.4. The van der Waals surface area contributed by atoms with Gasteiger partial charge < -0.3 is 24.3 Å². The Balaban J connectivity index is 1.13. The smallest absolute Gasteiger partial charge is 0.231 e. The number of imidazole rings is 1. The standard InChI is InChI=1S/C22H24N4O2/c1-6-21-22(28-16-27-21)13-17(1)14-24-18-7-10-25(11-8-18)19-2-4-20(5-3-19)26-12-9-23-15-26/h1-6,9,12-13,15,18,24H,7-8,10-11,14,16H2. The van der Waals surface area contributed by atoms with Gasteiger partial charge in [-0.3, -0.25) is 0 Å². The quantitative estimate of drug-likeness (QED) is 0.740. The molecule has 0 saturated carbocycles. The van der Waals surface area contributed by atoms with Gasteiger partial charge in [0.15, 0.2) is 11.5 Å². The predicted molar refractivity (Wildman–Crippen MR) is 108 cm³/mol. The van der Waals surface area contributed by atoms with Crippen LogP contribution < -0.4 is 19.7 Å². The van der Waals surface area contributed by atoms with Crippen LogP contribution in [-0.2, 0) is 6.54 Å². The van der Waals surface area contributed by atoms with Crippen molar-refractivity contribution in [2.45, 2.75) is 25.4 Å². The summed E-state index contributed by atoms with van der Waals surface area (Å²) in [6.45, 7) is 3.33. The maximum Gasteiger partial charge on any atom is 0.231 e. The molecule has 0 bridgehead atoms. The van der Waals surface area contributed by atoms with Gasteiger partial charge in [-0.15, -0.1) is 0 Å². The Morgan fingerprint density at radius 3 is 2.54 bits per heavy atom. The van der Waals surface area contributed by atoms with E-state index in [1.807, 2.05) is 23.2 Å². The first-order chi connectivity index (χ1) is 13.8. The van der Waals surface area contributed by atoms with Crippen molar-refractivity contribution >= 4 is 5.69 Å². The van der Waals surface area contributed by atoms with Gasteiger partial charge in [-0.1, -0.05) is 6.07 Å². The first-order valence-electron chi connectivity index (χ1n) is 9.80. The van der Waals surface area contributed by atoms with Crippen LogP contribution in [0.25, 0.3) is 5.69 Å². The maximum absolute atomic E-state index is 5.46. The zero-order valence-electron chi connectivity index (χ0n) is 15.8. The molecule has 0 amide bonds. The molecule has 1 aromatic heterocycles. The zero-order chi connectivity index (χ0) is 18.8. The second-order valence-corrected chi connectivity index (χ2v) is 7.32. The SMILES string of the molecule is c1cn(-c2ccc(N3CCC(NCc4ccc5c(c4)OCO5)CC3)cc2)cn1. The van der Waals surface area contributed by atoms with Crippen molar-refractivity contribution in [2.75, 3.05) is 24.8 Å². The van der Waals surface area contributed by atoms with Gasteiger partial charge in [0.05, 0.1) is 6.33 Å². The third-order valence-electron chi connectivity index (χ3n) is 5.54. The van der Waals surface area contributed by atoms with Crippen molar-refractivity contribution in [3.63, 3.8) is 0 Å². The molecule has 2 aliphatic rings. The molecule has 5 rings (SSSR count). The number of hydrogen-bond donors (Lipinski definition) is 1. The molecule has 0 radical (unpaired) electrons. The van der Waals surface area contributed by atoms with Crippen molar-refractivity contribution in [3.05, 3.63) is 66.7 Å². The molecule has 0 aliphatic carbocycles. The molecular weight excluding hydrogens is 352 g/mol. The summed E-state index contributed by atoms with van der Waals surface area (Å²) in [5.41, 5.74) is 3.67. The summed E-state index contributed by atoms with van der Waals surface area (Å²) in [7, 11) is 0. The first-order valence-corrected chi connectivity index (χ1v) is 9.80. The number of benzene rings is 2. The van der Waals surface area contributed by atoms with Crippen LogP contribution in [0.4, 0.5) is 5.69 Å². The minimum atomic E-state index is 0.327. The first kappa shape index (κ1) is 17.1. The molecule has 1 saturated heterocycles. The fraction of sp³-hybridized carbons (Fsp3) is 0.318. The molecule has 6 nitrogen and oxygen atoms in total. The minimum absolute atomic E-state index is 0.327. The molecule has 0 spiro atoms. The lowest BCUT2D eigenvalue weighted by Crippen LogP contribution is -2.42. The van der Waals surface area contributed by atoms with E-state index in [1.165, 1.54) is 11.3 Å². The van der Waals surface area contributed by atoms with Crippen LogP contribution in [0.15, 0.2) is 61.2 Å². The Bertz CT molecular complexity index is 916. The van der Waals surface area contributed by atoms with E-state index in [0.29, 0.717) is 12.8 Å². The van der Waals surface area contributed by atoms with E-state index in [0.717, 1.165) is 49.7 Å². The van der Waals surface area contributed by atoms with Crippen molar-refractivity contribution in [1.82, 2.24) is 14.9 Å². The second-order valence-electron chi connectivity index (χ2n) is 7.32. The normalized spacial score (nSPS) is 16.5. The second kappa shape index (κ2) is 7.56. The Kier molecular flexibility index (Phi) is 4.62. The fourth-order valence-corrected chi connectivity index (χ4v) is 3.90. The number of nitrogens with one attached hydrogen (secondary N) is 1. The Morgan fingerprint density at radius 1 is 0.964 bits per heavy atom. The molecule has 144 valence electrons. The summed E-state index contributed by atoms with van der Waals surface area (Å²) in [5, 5.41) is 3.70. The highest BCUT2D eigenvalue weighted by molar-refractivity contribution is 5.51. The van der Waals surface area contributed by atoms with Crippen LogP contribution in [0.2, 0.25) is 0 Å². The zero-order valence-corrected chi connectivity index (χ0v) is 15.8. The van der Waals surface area contributed by atoms with Gasteiger partial charge in [-0.05, 0) is 54.8 Å². The van der Waals surface area contributed by atoms with Gasteiger partial charge in [0.2, 0.25) is 6.79 Å². The average molecular weight is 376 g/mol. The van der Waals surface area contributed by atoms with Crippen LogP contribution in [0.5, 0.6) is 11.5 Å². The van der Waals surface area contributed by atoms with E-state index in [9.17, 15) is 0 Å². The number of hydrogen-bond acceptors (Lipinski definition) is 5. The predicted octanol–water partition coefficient (Wildman–Crippen LogP) is 3.36.